The summed E-state index contributed by atoms with van der Waals surface area (Å²) in [6.07, 6.45) is 0.406. The van der Waals surface area contributed by atoms with E-state index in [1.807, 2.05) is 0 Å². The van der Waals surface area contributed by atoms with Gasteiger partial charge in [-0.05, 0) is 31.0 Å². The molecule has 0 amide bonds. The molecule has 0 saturated carbocycles. The Labute approximate surface area is 93.3 Å². The van der Waals surface area contributed by atoms with Gasteiger partial charge in [0.15, 0.2) is 0 Å². The molecule has 0 spiro atoms. The van der Waals surface area contributed by atoms with Crippen molar-refractivity contribution in [2.24, 2.45) is 0 Å². The highest BCUT2D eigenvalue weighted by atomic mass is 35.7. The second-order valence-electron chi connectivity index (χ2n) is 3.12. The van der Waals surface area contributed by atoms with E-state index < -0.39 is 14.3 Å². The molecule has 2 nitrogen and oxygen atoms in total. The van der Waals surface area contributed by atoms with Gasteiger partial charge in [-0.2, -0.15) is 0 Å². The van der Waals surface area contributed by atoms with Crippen LogP contribution in [-0.2, 0) is 15.5 Å². The van der Waals surface area contributed by atoms with Crippen LogP contribution in [0, 0.1) is 0 Å². The third-order valence-electron chi connectivity index (χ3n) is 1.92. The molecule has 0 aliphatic carbocycles. The van der Waals surface area contributed by atoms with Crippen LogP contribution >= 0.6 is 22.3 Å². The van der Waals surface area contributed by atoms with Gasteiger partial charge in [-0.1, -0.05) is 23.7 Å². The van der Waals surface area contributed by atoms with Crippen LogP contribution in [0.2, 0.25) is 5.02 Å². The number of halogens is 2. The predicted octanol–water partition coefficient (Wildman–Crippen LogP) is 2.84. The summed E-state index contributed by atoms with van der Waals surface area (Å²) in [6, 6.07) is 7.04. The van der Waals surface area contributed by atoms with E-state index >= 15 is 0 Å². The molecule has 5 heteroatoms. The van der Waals surface area contributed by atoms with Crippen LogP contribution in [0.1, 0.15) is 12.5 Å². The van der Waals surface area contributed by atoms with E-state index in [0.29, 0.717) is 11.4 Å². The van der Waals surface area contributed by atoms with Crippen molar-refractivity contribution in [2.75, 3.05) is 0 Å². The van der Waals surface area contributed by atoms with Gasteiger partial charge >= 0.3 is 0 Å². The van der Waals surface area contributed by atoms with E-state index in [0.717, 1.165) is 5.56 Å². The van der Waals surface area contributed by atoms with Crippen molar-refractivity contribution in [2.45, 2.75) is 18.6 Å². The molecule has 78 valence electrons. The van der Waals surface area contributed by atoms with Gasteiger partial charge < -0.3 is 0 Å². The summed E-state index contributed by atoms with van der Waals surface area (Å²) in [5.74, 6) is 0. The average molecular weight is 253 g/mol. The molecular formula is C9H10Cl2O2S. The summed E-state index contributed by atoms with van der Waals surface area (Å²) < 4.78 is 21.9. The lowest BCUT2D eigenvalue weighted by Gasteiger charge is -2.07. The van der Waals surface area contributed by atoms with Gasteiger partial charge in [-0.15, -0.1) is 0 Å². The number of rotatable bonds is 3. The first-order chi connectivity index (χ1) is 6.39. The van der Waals surface area contributed by atoms with Gasteiger partial charge in [0.25, 0.3) is 0 Å². The predicted molar refractivity (Wildman–Crippen MR) is 59.4 cm³/mol. The van der Waals surface area contributed by atoms with E-state index in [1.165, 1.54) is 0 Å². The molecule has 0 heterocycles. The van der Waals surface area contributed by atoms with Gasteiger partial charge in [0.05, 0.1) is 5.25 Å². The van der Waals surface area contributed by atoms with Crippen LogP contribution in [0.15, 0.2) is 24.3 Å². The molecule has 14 heavy (non-hydrogen) atoms. The summed E-state index contributed by atoms with van der Waals surface area (Å²) >= 11 is 5.69. The summed E-state index contributed by atoms with van der Waals surface area (Å²) in [6.45, 7) is 1.58. The zero-order chi connectivity index (χ0) is 10.8. The molecule has 0 aliphatic heterocycles. The Morgan fingerprint density at radius 3 is 2.21 bits per heavy atom. The molecule has 1 atom stereocenters. The lowest BCUT2D eigenvalue weighted by molar-refractivity contribution is 0.597. The summed E-state index contributed by atoms with van der Waals surface area (Å²) in [4.78, 5) is 0. The Bertz CT molecular complexity index is 397. The van der Waals surface area contributed by atoms with Crippen LogP contribution in [0.3, 0.4) is 0 Å². The molecule has 0 fully saturated rings. The molecule has 0 unspecified atom stereocenters. The summed E-state index contributed by atoms with van der Waals surface area (Å²) in [5, 5.41) is 0.0560. The van der Waals surface area contributed by atoms with Crippen molar-refractivity contribution in [3.63, 3.8) is 0 Å². The van der Waals surface area contributed by atoms with Crippen molar-refractivity contribution in [1.82, 2.24) is 0 Å². The molecule has 0 aliphatic rings. The molecule has 0 radical (unpaired) electrons. The molecule has 0 N–H and O–H groups in total. The molecule has 1 aromatic rings. The highest BCUT2D eigenvalue weighted by molar-refractivity contribution is 8.14. The standard InChI is InChI=1S/C9H10Cl2O2S/c1-7(14(11,12)13)6-8-2-4-9(10)5-3-8/h2-5,7H,6H2,1H3/t7-/m1/s1. The topological polar surface area (TPSA) is 34.1 Å². The highest BCUT2D eigenvalue weighted by Gasteiger charge is 2.17. The van der Waals surface area contributed by atoms with E-state index in [2.05, 4.69) is 0 Å². The quantitative estimate of drug-likeness (QED) is 0.776. The van der Waals surface area contributed by atoms with Crippen LogP contribution in [0.4, 0.5) is 0 Å². The van der Waals surface area contributed by atoms with Gasteiger partial charge in [0.1, 0.15) is 0 Å². The van der Waals surface area contributed by atoms with Crippen molar-refractivity contribution in [3.05, 3.63) is 34.9 Å². The highest BCUT2D eigenvalue weighted by Crippen LogP contribution is 2.15. The smallest absolute Gasteiger partial charge is 0.212 e. The lowest BCUT2D eigenvalue weighted by Crippen LogP contribution is -2.14. The maximum absolute atomic E-state index is 10.9. The van der Waals surface area contributed by atoms with E-state index in [9.17, 15) is 8.42 Å². The van der Waals surface area contributed by atoms with Crippen molar-refractivity contribution in [3.8, 4) is 0 Å². The van der Waals surface area contributed by atoms with E-state index in [1.54, 1.807) is 31.2 Å². The molecule has 1 rings (SSSR count). The van der Waals surface area contributed by atoms with Crippen molar-refractivity contribution < 1.29 is 8.42 Å². The Morgan fingerprint density at radius 2 is 1.79 bits per heavy atom. The summed E-state index contributed by atoms with van der Waals surface area (Å²) in [5.41, 5.74) is 0.908. The van der Waals surface area contributed by atoms with Crippen molar-refractivity contribution in [1.29, 1.82) is 0 Å². The molecule has 0 saturated heterocycles. The third kappa shape index (κ3) is 3.48. The monoisotopic (exact) mass is 252 g/mol. The maximum Gasteiger partial charge on any atom is 0.235 e. The largest absolute Gasteiger partial charge is 0.235 e. The van der Waals surface area contributed by atoms with Gasteiger partial charge in [0, 0.05) is 15.7 Å². The van der Waals surface area contributed by atoms with Crippen LogP contribution in [-0.4, -0.2) is 13.7 Å². The van der Waals surface area contributed by atoms with Crippen molar-refractivity contribution >= 4 is 31.3 Å². The lowest BCUT2D eigenvalue weighted by atomic mass is 10.1. The second-order valence-corrected chi connectivity index (χ2v) is 6.60. The first-order valence-corrected chi connectivity index (χ1v) is 6.82. The number of hydrogen-bond donors (Lipinski definition) is 0. The molecular weight excluding hydrogens is 243 g/mol. The first-order valence-electron chi connectivity index (χ1n) is 4.07. The Morgan fingerprint density at radius 1 is 1.29 bits per heavy atom. The fourth-order valence-electron chi connectivity index (χ4n) is 1.05. The van der Waals surface area contributed by atoms with Crippen LogP contribution < -0.4 is 0 Å². The Balaban J connectivity index is 2.75. The van der Waals surface area contributed by atoms with E-state index in [4.69, 9.17) is 22.3 Å². The van der Waals surface area contributed by atoms with E-state index in [-0.39, 0.29) is 0 Å². The summed E-state index contributed by atoms with van der Waals surface area (Å²) in [7, 11) is 1.74. The zero-order valence-corrected chi connectivity index (χ0v) is 9.90. The average Bonchev–Trinajstić information content (AvgIpc) is 2.07. The van der Waals surface area contributed by atoms with Gasteiger partial charge in [-0.3, -0.25) is 0 Å². The fourth-order valence-corrected chi connectivity index (χ4v) is 1.76. The van der Waals surface area contributed by atoms with Crippen LogP contribution in [0.25, 0.3) is 0 Å². The Hall–Kier alpha value is -0.250. The first kappa shape index (κ1) is 11.8. The number of hydrogen-bond acceptors (Lipinski definition) is 2. The van der Waals surface area contributed by atoms with Crippen LogP contribution in [0.5, 0.6) is 0 Å². The van der Waals surface area contributed by atoms with Gasteiger partial charge in [-0.25, -0.2) is 8.42 Å². The molecule has 0 bridgehead atoms. The SMILES string of the molecule is C[C@H](Cc1ccc(Cl)cc1)S(=O)(=O)Cl. The second kappa shape index (κ2) is 4.51. The minimum absolute atomic E-state index is 0.406. The minimum Gasteiger partial charge on any atom is -0.212 e. The number of benzene rings is 1. The third-order valence-corrected chi connectivity index (χ3v) is 4.21. The molecule has 0 aromatic heterocycles. The van der Waals surface area contributed by atoms with Gasteiger partial charge in [0.2, 0.25) is 9.05 Å². The normalized spacial score (nSPS) is 13.9. The maximum atomic E-state index is 10.9. The zero-order valence-electron chi connectivity index (χ0n) is 7.57. The molecule has 1 aromatic carbocycles. The minimum atomic E-state index is -3.47. The fraction of sp³-hybridized carbons (Fsp3) is 0.333. The Kier molecular flexibility index (Phi) is 3.81.